The van der Waals surface area contributed by atoms with Gasteiger partial charge in [0.1, 0.15) is 0 Å². The molecule has 0 aliphatic carbocycles. The fraction of sp³-hybridized carbons (Fsp3) is 0.226. The van der Waals surface area contributed by atoms with Crippen molar-refractivity contribution < 1.29 is 9.53 Å². The molecule has 0 spiro atoms. The van der Waals surface area contributed by atoms with Crippen LogP contribution in [0.4, 0.5) is 5.69 Å². The molecule has 4 aromatic rings. The molecule has 1 heterocycles. The van der Waals surface area contributed by atoms with Crippen molar-refractivity contribution in [2.75, 3.05) is 18.5 Å². The summed E-state index contributed by atoms with van der Waals surface area (Å²) in [6.45, 7) is 0.824. The summed E-state index contributed by atoms with van der Waals surface area (Å²) < 4.78 is 6.07. The van der Waals surface area contributed by atoms with E-state index < -0.39 is 0 Å². The molecule has 0 radical (unpaired) electrons. The van der Waals surface area contributed by atoms with Crippen LogP contribution in [0.3, 0.4) is 0 Å². The Labute approximate surface area is 229 Å². The Bertz CT molecular complexity index is 1280. The fourth-order valence-electron chi connectivity index (χ4n) is 4.08. The molecular formula is C31H34N6O2. The minimum atomic E-state index is -0.165. The van der Waals surface area contributed by atoms with Crippen molar-refractivity contribution in [1.82, 2.24) is 15.3 Å². The molecule has 0 bridgehead atoms. The molecule has 0 aliphatic rings. The molecule has 4 rings (SSSR count). The van der Waals surface area contributed by atoms with Crippen molar-refractivity contribution >= 4 is 17.6 Å². The van der Waals surface area contributed by atoms with E-state index in [0.29, 0.717) is 30.5 Å². The number of amides is 1. The van der Waals surface area contributed by atoms with Gasteiger partial charge in [-0.3, -0.25) is 10.2 Å². The summed E-state index contributed by atoms with van der Waals surface area (Å²) in [6, 6.07) is 30.0. The maximum Gasteiger partial charge on any atom is 0.226 e. The number of guanidine groups is 1. The van der Waals surface area contributed by atoms with E-state index in [9.17, 15) is 4.79 Å². The Balaban J connectivity index is 1.43. The highest BCUT2D eigenvalue weighted by molar-refractivity contribution is 5.91. The van der Waals surface area contributed by atoms with Crippen molar-refractivity contribution in [3.05, 3.63) is 108 Å². The summed E-state index contributed by atoms with van der Waals surface area (Å²) in [4.78, 5) is 21.7. The Hall–Kier alpha value is -4.72. The summed E-state index contributed by atoms with van der Waals surface area (Å²) in [7, 11) is 0. The number of nitrogens with zero attached hydrogens (tertiary/aromatic N) is 2. The van der Waals surface area contributed by atoms with Crippen LogP contribution >= 0.6 is 0 Å². The molecule has 1 amide bonds. The first-order valence-electron chi connectivity index (χ1n) is 13.1. The molecule has 39 heavy (non-hydrogen) atoms. The van der Waals surface area contributed by atoms with Gasteiger partial charge in [-0.25, -0.2) is 4.98 Å². The van der Waals surface area contributed by atoms with Gasteiger partial charge in [0.15, 0.2) is 11.8 Å². The minimum Gasteiger partial charge on any atom is -0.477 e. The average Bonchev–Trinajstić information content (AvgIpc) is 2.94. The molecule has 0 aliphatic heterocycles. The standard InChI is InChI=1S/C31H34N6O2/c32-31(33)34-20-18-28(38)35-26-16-14-25(15-17-26)30-36-27(13-7-12-23-8-3-1-4-9-23)22-29(37-30)39-21-19-24-10-5-2-6-11-24/h1-6,8-11,14-17,22H,7,12-13,18-21H2,(H,35,38)(H4,32,33,34). The van der Waals surface area contributed by atoms with Gasteiger partial charge in [0, 0.05) is 42.4 Å². The lowest BCUT2D eigenvalue weighted by Gasteiger charge is -2.11. The van der Waals surface area contributed by atoms with E-state index in [2.05, 4.69) is 52.0 Å². The number of hydrogen-bond donors (Lipinski definition) is 4. The van der Waals surface area contributed by atoms with Crippen LogP contribution in [-0.2, 0) is 24.1 Å². The summed E-state index contributed by atoms with van der Waals surface area (Å²) in [5.74, 6) is 0.826. The van der Waals surface area contributed by atoms with Gasteiger partial charge in [0.2, 0.25) is 11.8 Å². The third kappa shape index (κ3) is 9.27. The highest BCUT2D eigenvalue weighted by Crippen LogP contribution is 2.22. The second kappa shape index (κ2) is 14.3. The molecule has 1 aromatic heterocycles. The van der Waals surface area contributed by atoms with E-state index in [1.807, 2.05) is 54.6 Å². The summed E-state index contributed by atoms with van der Waals surface area (Å²) in [6.07, 6.45) is 3.75. The van der Waals surface area contributed by atoms with Crippen LogP contribution < -0.4 is 21.1 Å². The van der Waals surface area contributed by atoms with Crippen molar-refractivity contribution in [3.63, 3.8) is 0 Å². The first-order valence-corrected chi connectivity index (χ1v) is 13.1. The first kappa shape index (κ1) is 27.3. The maximum atomic E-state index is 12.1. The lowest BCUT2D eigenvalue weighted by molar-refractivity contribution is -0.116. The zero-order valence-corrected chi connectivity index (χ0v) is 21.9. The van der Waals surface area contributed by atoms with Crippen LogP contribution in [0, 0.1) is 5.41 Å². The normalized spacial score (nSPS) is 10.6. The lowest BCUT2D eigenvalue weighted by atomic mass is 10.1. The molecule has 5 N–H and O–H groups in total. The van der Waals surface area contributed by atoms with E-state index in [4.69, 9.17) is 20.9 Å². The third-order valence-electron chi connectivity index (χ3n) is 6.07. The Kier molecular flexibility index (Phi) is 10.0. The van der Waals surface area contributed by atoms with Gasteiger partial charge in [-0.2, -0.15) is 4.98 Å². The van der Waals surface area contributed by atoms with Crippen LogP contribution in [0.1, 0.15) is 29.7 Å². The molecule has 0 saturated carbocycles. The molecule has 8 heteroatoms. The van der Waals surface area contributed by atoms with E-state index in [1.54, 1.807) is 0 Å². The van der Waals surface area contributed by atoms with E-state index in [-0.39, 0.29) is 18.3 Å². The van der Waals surface area contributed by atoms with Crippen LogP contribution in [0.5, 0.6) is 5.88 Å². The van der Waals surface area contributed by atoms with Crippen LogP contribution in [-0.4, -0.2) is 35.0 Å². The van der Waals surface area contributed by atoms with Crippen LogP contribution in [0.15, 0.2) is 91.0 Å². The van der Waals surface area contributed by atoms with E-state index in [1.165, 1.54) is 11.1 Å². The number of aryl methyl sites for hydroxylation is 2. The average molecular weight is 523 g/mol. The number of rotatable bonds is 13. The number of hydrogen-bond acceptors (Lipinski definition) is 5. The highest BCUT2D eigenvalue weighted by Gasteiger charge is 2.10. The summed E-state index contributed by atoms with van der Waals surface area (Å²) >= 11 is 0. The molecule has 0 fully saturated rings. The van der Waals surface area contributed by atoms with Gasteiger partial charge >= 0.3 is 0 Å². The number of carbonyl (C=O) groups excluding carboxylic acids is 1. The van der Waals surface area contributed by atoms with Crippen molar-refractivity contribution in [3.8, 4) is 17.3 Å². The monoisotopic (exact) mass is 522 g/mol. The molecule has 0 unspecified atom stereocenters. The Morgan fingerprint density at radius 2 is 1.51 bits per heavy atom. The Morgan fingerprint density at radius 3 is 2.18 bits per heavy atom. The number of ether oxygens (including phenoxy) is 1. The number of nitrogens with one attached hydrogen (secondary N) is 3. The smallest absolute Gasteiger partial charge is 0.226 e. The van der Waals surface area contributed by atoms with Gasteiger partial charge in [0.25, 0.3) is 0 Å². The summed E-state index contributed by atoms with van der Waals surface area (Å²) in [5.41, 5.74) is 10.2. The van der Waals surface area contributed by atoms with Crippen LogP contribution in [0.25, 0.3) is 11.4 Å². The molecule has 200 valence electrons. The van der Waals surface area contributed by atoms with Crippen molar-refractivity contribution in [2.45, 2.75) is 32.1 Å². The third-order valence-corrected chi connectivity index (χ3v) is 6.07. The molecule has 8 nitrogen and oxygen atoms in total. The second-order valence-electron chi connectivity index (χ2n) is 9.16. The number of benzene rings is 3. The fourth-order valence-corrected chi connectivity index (χ4v) is 4.08. The van der Waals surface area contributed by atoms with Crippen molar-refractivity contribution in [1.29, 1.82) is 5.41 Å². The van der Waals surface area contributed by atoms with E-state index >= 15 is 0 Å². The predicted molar refractivity (Wildman–Crippen MR) is 155 cm³/mol. The quantitative estimate of drug-likeness (QED) is 0.148. The number of nitrogens with two attached hydrogens (primary N) is 1. The van der Waals surface area contributed by atoms with E-state index in [0.717, 1.165) is 36.9 Å². The molecule has 0 atom stereocenters. The topological polar surface area (TPSA) is 126 Å². The van der Waals surface area contributed by atoms with Crippen LogP contribution in [0.2, 0.25) is 0 Å². The SMILES string of the molecule is N=C(N)NCCC(=O)Nc1ccc(-c2nc(CCCc3ccccc3)cc(OCCc3ccccc3)n2)cc1. The highest BCUT2D eigenvalue weighted by atomic mass is 16.5. The van der Waals surface area contributed by atoms with Gasteiger partial charge in [-0.15, -0.1) is 0 Å². The Morgan fingerprint density at radius 1 is 0.846 bits per heavy atom. The predicted octanol–water partition coefficient (Wildman–Crippen LogP) is 4.75. The van der Waals surface area contributed by atoms with Gasteiger partial charge < -0.3 is 21.1 Å². The zero-order valence-electron chi connectivity index (χ0n) is 21.9. The van der Waals surface area contributed by atoms with Gasteiger partial charge in [-0.1, -0.05) is 60.7 Å². The largest absolute Gasteiger partial charge is 0.477 e. The van der Waals surface area contributed by atoms with Crippen molar-refractivity contribution in [2.24, 2.45) is 5.73 Å². The molecular weight excluding hydrogens is 488 g/mol. The first-order chi connectivity index (χ1) is 19.0. The number of anilines is 1. The molecule has 3 aromatic carbocycles. The molecule has 0 saturated heterocycles. The summed E-state index contributed by atoms with van der Waals surface area (Å²) in [5, 5.41) is 12.6. The lowest BCUT2D eigenvalue weighted by Crippen LogP contribution is -2.32. The zero-order chi connectivity index (χ0) is 27.3. The van der Waals surface area contributed by atoms with Gasteiger partial charge in [-0.05, 0) is 54.7 Å². The number of carbonyl (C=O) groups is 1. The number of aromatic nitrogens is 2. The minimum absolute atomic E-state index is 0.155. The maximum absolute atomic E-state index is 12.1. The van der Waals surface area contributed by atoms with Gasteiger partial charge in [0.05, 0.1) is 6.61 Å². The second-order valence-corrected chi connectivity index (χ2v) is 9.16.